The van der Waals surface area contributed by atoms with Crippen LogP contribution in [0.2, 0.25) is 0 Å². The zero-order valence-electron chi connectivity index (χ0n) is 15.6. The number of nitrogens with zero attached hydrogens (tertiary/aromatic N) is 3. The van der Waals surface area contributed by atoms with E-state index in [0.29, 0.717) is 22.5 Å². The molecule has 0 amide bonds. The SMILES string of the molecule is COc1cc(CSc2nnc(-c3ccccc3OC)n2C)ccc1OC(F)F. The summed E-state index contributed by atoms with van der Waals surface area (Å²) < 4.78 is 41.7. The molecule has 9 heteroatoms. The van der Waals surface area contributed by atoms with Crippen LogP contribution in [0.5, 0.6) is 17.2 Å². The van der Waals surface area contributed by atoms with Crippen LogP contribution in [0, 0.1) is 0 Å². The van der Waals surface area contributed by atoms with Crippen LogP contribution in [-0.4, -0.2) is 35.6 Å². The van der Waals surface area contributed by atoms with Crippen LogP contribution >= 0.6 is 11.8 Å². The van der Waals surface area contributed by atoms with E-state index in [1.807, 2.05) is 35.9 Å². The number of benzene rings is 2. The lowest BCUT2D eigenvalue weighted by atomic mass is 10.2. The van der Waals surface area contributed by atoms with Gasteiger partial charge in [-0.3, -0.25) is 0 Å². The highest BCUT2D eigenvalue weighted by Gasteiger charge is 2.16. The van der Waals surface area contributed by atoms with Crippen molar-refractivity contribution in [2.75, 3.05) is 14.2 Å². The minimum absolute atomic E-state index is 0.00312. The second-order valence-corrected chi connectivity index (χ2v) is 6.66. The fourth-order valence-electron chi connectivity index (χ4n) is 2.65. The van der Waals surface area contributed by atoms with Crippen molar-refractivity contribution in [2.24, 2.45) is 7.05 Å². The van der Waals surface area contributed by atoms with Crippen molar-refractivity contribution >= 4 is 11.8 Å². The molecule has 0 unspecified atom stereocenters. The largest absolute Gasteiger partial charge is 0.496 e. The first-order valence-corrected chi connectivity index (χ1v) is 9.29. The molecule has 3 aromatic rings. The average Bonchev–Trinajstić information content (AvgIpc) is 3.07. The van der Waals surface area contributed by atoms with Crippen molar-refractivity contribution in [3.63, 3.8) is 0 Å². The Bertz CT molecular complexity index is 950. The molecule has 0 fully saturated rings. The number of alkyl halides is 2. The van der Waals surface area contributed by atoms with E-state index in [4.69, 9.17) is 9.47 Å². The molecule has 0 aliphatic carbocycles. The maximum Gasteiger partial charge on any atom is 0.387 e. The van der Waals surface area contributed by atoms with Gasteiger partial charge in [0.15, 0.2) is 22.5 Å². The van der Waals surface area contributed by atoms with Crippen LogP contribution in [0.15, 0.2) is 47.6 Å². The molecule has 2 aromatic carbocycles. The van der Waals surface area contributed by atoms with Gasteiger partial charge < -0.3 is 18.8 Å². The number of methoxy groups -OCH3 is 2. The molecular formula is C19H19F2N3O3S. The maximum absolute atomic E-state index is 12.4. The first-order chi connectivity index (χ1) is 13.5. The number of rotatable bonds is 8. The van der Waals surface area contributed by atoms with E-state index in [1.165, 1.54) is 24.9 Å². The first kappa shape index (κ1) is 19.9. The highest BCUT2D eigenvalue weighted by Crippen LogP contribution is 2.33. The van der Waals surface area contributed by atoms with Gasteiger partial charge in [-0.05, 0) is 29.8 Å². The molecule has 28 heavy (non-hydrogen) atoms. The Labute approximate surface area is 165 Å². The molecule has 0 radical (unpaired) electrons. The number of hydrogen-bond acceptors (Lipinski definition) is 6. The number of halogens is 2. The van der Waals surface area contributed by atoms with Crippen molar-refractivity contribution < 1.29 is 23.0 Å². The lowest BCUT2D eigenvalue weighted by molar-refractivity contribution is -0.0512. The molecule has 0 atom stereocenters. The van der Waals surface area contributed by atoms with Gasteiger partial charge in [-0.2, -0.15) is 8.78 Å². The number of thioether (sulfide) groups is 1. The third-order valence-electron chi connectivity index (χ3n) is 3.99. The van der Waals surface area contributed by atoms with Gasteiger partial charge in [0, 0.05) is 12.8 Å². The Morgan fingerprint density at radius 2 is 1.75 bits per heavy atom. The van der Waals surface area contributed by atoms with Crippen LogP contribution in [-0.2, 0) is 12.8 Å². The summed E-state index contributed by atoms with van der Waals surface area (Å²) >= 11 is 1.47. The van der Waals surface area contributed by atoms with Gasteiger partial charge in [0.1, 0.15) is 5.75 Å². The van der Waals surface area contributed by atoms with Crippen LogP contribution in [0.4, 0.5) is 8.78 Å². The summed E-state index contributed by atoms with van der Waals surface area (Å²) in [6.07, 6.45) is 0. The molecule has 0 aliphatic rings. The molecule has 1 heterocycles. The monoisotopic (exact) mass is 407 g/mol. The van der Waals surface area contributed by atoms with E-state index < -0.39 is 6.61 Å². The summed E-state index contributed by atoms with van der Waals surface area (Å²) in [6, 6.07) is 12.4. The highest BCUT2D eigenvalue weighted by atomic mass is 32.2. The third-order valence-corrected chi connectivity index (χ3v) is 5.09. The van der Waals surface area contributed by atoms with Crippen molar-refractivity contribution in [3.05, 3.63) is 48.0 Å². The number of ether oxygens (including phenoxy) is 3. The molecule has 0 saturated carbocycles. The second-order valence-electron chi connectivity index (χ2n) is 5.72. The van der Waals surface area contributed by atoms with Gasteiger partial charge in [0.05, 0.1) is 19.8 Å². The highest BCUT2D eigenvalue weighted by molar-refractivity contribution is 7.98. The minimum Gasteiger partial charge on any atom is -0.496 e. The topological polar surface area (TPSA) is 58.4 Å². The molecule has 6 nitrogen and oxygen atoms in total. The lowest BCUT2D eigenvalue weighted by Crippen LogP contribution is -2.03. The summed E-state index contributed by atoms with van der Waals surface area (Å²) in [4.78, 5) is 0. The van der Waals surface area contributed by atoms with Gasteiger partial charge >= 0.3 is 6.61 Å². The van der Waals surface area contributed by atoms with Crippen molar-refractivity contribution in [2.45, 2.75) is 17.5 Å². The molecule has 0 saturated heterocycles. The second kappa shape index (κ2) is 8.92. The van der Waals surface area contributed by atoms with Crippen LogP contribution < -0.4 is 14.2 Å². The van der Waals surface area contributed by atoms with Gasteiger partial charge in [0.2, 0.25) is 0 Å². The van der Waals surface area contributed by atoms with Gasteiger partial charge in [-0.1, -0.05) is 30.0 Å². The van der Waals surface area contributed by atoms with Gasteiger partial charge in [-0.15, -0.1) is 10.2 Å². The zero-order valence-corrected chi connectivity index (χ0v) is 16.4. The third kappa shape index (κ3) is 4.36. The van der Waals surface area contributed by atoms with E-state index in [1.54, 1.807) is 19.2 Å². The Kier molecular flexibility index (Phi) is 6.35. The Hall–Kier alpha value is -2.81. The quantitative estimate of drug-likeness (QED) is 0.516. The van der Waals surface area contributed by atoms with Gasteiger partial charge in [-0.25, -0.2) is 0 Å². The fraction of sp³-hybridized carbons (Fsp3) is 0.263. The van der Waals surface area contributed by atoms with Crippen LogP contribution in [0.1, 0.15) is 5.56 Å². The molecule has 0 N–H and O–H groups in total. The van der Waals surface area contributed by atoms with E-state index in [-0.39, 0.29) is 11.5 Å². The van der Waals surface area contributed by atoms with Crippen molar-refractivity contribution in [1.29, 1.82) is 0 Å². The predicted molar refractivity (Wildman–Crippen MR) is 102 cm³/mol. The Morgan fingerprint density at radius 1 is 1.00 bits per heavy atom. The van der Waals surface area contributed by atoms with E-state index in [2.05, 4.69) is 14.9 Å². The summed E-state index contributed by atoms with van der Waals surface area (Å²) in [5.74, 6) is 2.23. The lowest BCUT2D eigenvalue weighted by Gasteiger charge is -2.11. The smallest absolute Gasteiger partial charge is 0.387 e. The van der Waals surface area contributed by atoms with E-state index in [9.17, 15) is 8.78 Å². The fourth-order valence-corrected chi connectivity index (χ4v) is 3.50. The van der Waals surface area contributed by atoms with Crippen molar-refractivity contribution in [1.82, 2.24) is 14.8 Å². The predicted octanol–water partition coefficient (Wildman–Crippen LogP) is 4.39. The average molecular weight is 407 g/mol. The maximum atomic E-state index is 12.4. The summed E-state index contributed by atoms with van der Waals surface area (Å²) in [5.41, 5.74) is 1.73. The number of para-hydroxylation sites is 1. The van der Waals surface area contributed by atoms with Crippen LogP contribution in [0.3, 0.4) is 0 Å². The van der Waals surface area contributed by atoms with Gasteiger partial charge in [0.25, 0.3) is 0 Å². The number of aromatic nitrogens is 3. The van der Waals surface area contributed by atoms with E-state index >= 15 is 0 Å². The van der Waals surface area contributed by atoms with E-state index in [0.717, 1.165) is 11.1 Å². The molecule has 0 bridgehead atoms. The first-order valence-electron chi connectivity index (χ1n) is 8.30. The molecule has 0 aliphatic heterocycles. The van der Waals surface area contributed by atoms with Crippen molar-refractivity contribution in [3.8, 4) is 28.6 Å². The standard InChI is InChI=1S/C19H19F2N3O3S/c1-24-17(13-6-4-5-7-14(13)25-2)22-23-19(24)28-11-12-8-9-15(27-18(20)21)16(10-12)26-3/h4-10,18H,11H2,1-3H3. The Morgan fingerprint density at radius 3 is 2.46 bits per heavy atom. The molecule has 0 spiro atoms. The zero-order chi connectivity index (χ0) is 20.1. The minimum atomic E-state index is -2.90. The van der Waals surface area contributed by atoms with Crippen LogP contribution in [0.25, 0.3) is 11.4 Å². The molecule has 148 valence electrons. The molecule has 1 aromatic heterocycles. The number of hydrogen-bond donors (Lipinski definition) is 0. The summed E-state index contributed by atoms with van der Waals surface area (Å²) in [7, 11) is 4.90. The molecular weight excluding hydrogens is 388 g/mol. The summed E-state index contributed by atoms with van der Waals surface area (Å²) in [5, 5.41) is 9.23. The Balaban J connectivity index is 1.76. The normalized spacial score (nSPS) is 10.9. The molecule has 3 rings (SSSR count). The summed E-state index contributed by atoms with van der Waals surface area (Å²) in [6.45, 7) is -2.90.